The van der Waals surface area contributed by atoms with Crippen LogP contribution in [-0.2, 0) is 10.0 Å². The third-order valence-electron chi connectivity index (χ3n) is 3.72. The monoisotopic (exact) mass is 320 g/mol. The van der Waals surface area contributed by atoms with E-state index in [0.29, 0.717) is 18.5 Å². The highest BCUT2D eigenvalue weighted by Crippen LogP contribution is 2.27. The summed E-state index contributed by atoms with van der Waals surface area (Å²) >= 11 is 5.91. The molecule has 0 bridgehead atoms. The lowest BCUT2D eigenvalue weighted by atomic mass is 9.84. The Balaban J connectivity index is 2.98. The zero-order valence-electron chi connectivity index (χ0n) is 11.7. The minimum atomic E-state index is -3.75. The summed E-state index contributed by atoms with van der Waals surface area (Å²) in [7, 11) is -3.75. The largest absolute Gasteiger partial charge is 0.399 e. The predicted molar refractivity (Wildman–Crippen MR) is 81.2 cm³/mol. The van der Waals surface area contributed by atoms with E-state index in [-0.39, 0.29) is 23.1 Å². The number of nitrogens with one attached hydrogen (secondary N) is 1. The summed E-state index contributed by atoms with van der Waals surface area (Å²) in [6.45, 7) is 3.92. The van der Waals surface area contributed by atoms with Gasteiger partial charge in [0.15, 0.2) is 0 Å². The Hall–Kier alpha value is -0.820. The summed E-state index contributed by atoms with van der Waals surface area (Å²) in [5.74, 6) is 0. The van der Waals surface area contributed by atoms with Crippen LogP contribution in [0.25, 0.3) is 0 Å². The number of halogens is 1. The second kappa shape index (κ2) is 6.76. The van der Waals surface area contributed by atoms with E-state index in [1.54, 1.807) is 0 Å². The molecule has 0 atom stereocenters. The second-order valence-corrected chi connectivity index (χ2v) is 7.02. The molecule has 0 unspecified atom stereocenters. The number of benzene rings is 1. The Morgan fingerprint density at radius 2 is 1.95 bits per heavy atom. The first-order valence-corrected chi connectivity index (χ1v) is 8.32. The summed E-state index contributed by atoms with van der Waals surface area (Å²) in [6, 6.07) is 4.31. The number of anilines is 1. The van der Waals surface area contributed by atoms with Gasteiger partial charge in [-0.1, -0.05) is 25.4 Å². The number of aliphatic hydroxyl groups is 1. The molecule has 1 rings (SSSR count). The van der Waals surface area contributed by atoms with Crippen molar-refractivity contribution in [2.45, 2.75) is 31.6 Å². The first kappa shape index (κ1) is 17.2. The first-order chi connectivity index (χ1) is 9.30. The Morgan fingerprint density at radius 1 is 1.35 bits per heavy atom. The standard InChI is InChI=1S/C13H21ClN2O3S/c1-3-13(4-2,9-17)8-16-20(18,19)12-7-10(15)5-6-11(12)14/h5-7,16-17H,3-4,8-9,15H2,1-2H3. The lowest BCUT2D eigenvalue weighted by Crippen LogP contribution is -2.39. The fourth-order valence-corrected chi connectivity index (χ4v) is 3.52. The molecule has 5 nitrogen and oxygen atoms in total. The van der Waals surface area contributed by atoms with Crippen molar-refractivity contribution < 1.29 is 13.5 Å². The summed E-state index contributed by atoms with van der Waals surface area (Å²) in [4.78, 5) is -0.0433. The van der Waals surface area contributed by atoms with Crippen LogP contribution in [0.3, 0.4) is 0 Å². The average molecular weight is 321 g/mol. The van der Waals surface area contributed by atoms with Crippen molar-refractivity contribution in [1.82, 2.24) is 4.72 Å². The van der Waals surface area contributed by atoms with Crippen LogP contribution < -0.4 is 10.5 Å². The number of rotatable bonds is 7. The number of sulfonamides is 1. The SMILES string of the molecule is CCC(CC)(CO)CNS(=O)(=O)c1cc(N)ccc1Cl. The highest BCUT2D eigenvalue weighted by Gasteiger charge is 2.28. The quantitative estimate of drug-likeness (QED) is 0.670. The van der Waals surface area contributed by atoms with Crippen molar-refractivity contribution in [1.29, 1.82) is 0 Å². The average Bonchev–Trinajstić information content (AvgIpc) is 2.43. The van der Waals surface area contributed by atoms with E-state index in [9.17, 15) is 13.5 Å². The van der Waals surface area contributed by atoms with Crippen LogP contribution in [0.15, 0.2) is 23.1 Å². The minimum absolute atomic E-state index is 0.0433. The molecule has 0 heterocycles. The molecule has 0 radical (unpaired) electrons. The van der Waals surface area contributed by atoms with Crippen molar-refractivity contribution in [2.24, 2.45) is 5.41 Å². The van der Waals surface area contributed by atoms with E-state index < -0.39 is 15.4 Å². The number of hydrogen-bond acceptors (Lipinski definition) is 4. The molecule has 1 aromatic carbocycles. The molecule has 0 amide bonds. The first-order valence-electron chi connectivity index (χ1n) is 6.46. The number of nitrogen functional groups attached to an aromatic ring is 1. The van der Waals surface area contributed by atoms with E-state index in [2.05, 4.69) is 4.72 Å². The molecule has 1 aromatic rings. The predicted octanol–water partition coefficient (Wildman–Crippen LogP) is 2.00. The molecular weight excluding hydrogens is 300 g/mol. The molecule has 0 fully saturated rings. The fourth-order valence-electron chi connectivity index (χ4n) is 1.83. The van der Waals surface area contributed by atoms with Gasteiger partial charge in [-0.15, -0.1) is 0 Å². The summed E-state index contributed by atoms with van der Waals surface area (Å²) in [5.41, 5.74) is 5.46. The highest BCUT2D eigenvalue weighted by molar-refractivity contribution is 7.89. The molecule has 0 aromatic heterocycles. The van der Waals surface area contributed by atoms with Crippen LogP contribution >= 0.6 is 11.6 Å². The highest BCUT2D eigenvalue weighted by atomic mass is 35.5. The van der Waals surface area contributed by atoms with Gasteiger partial charge in [-0.25, -0.2) is 13.1 Å². The Kier molecular flexibility index (Phi) is 5.82. The van der Waals surface area contributed by atoms with E-state index in [1.165, 1.54) is 18.2 Å². The van der Waals surface area contributed by atoms with Gasteiger partial charge in [-0.3, -0.25) is 0 Å². The molecule has 114 valence electrons. The molecule has 4 N–H and O–H groups in total. The Morgan fingerprint density at radius 3 is 2.45 bits per heavy atom. The molecule has 0 aliphatic carbocycles. The molecule has 0 saturated heterocycles. The van der Waals surface area contributed by atoms with Crippen LogP contribution in [0.4, 0.5) is 5.69 Å². The smallest absolute Gasteiger partial charge is 0.242 e. The number of hydrogen-bond donors (Lipinski definition) is 3. The molecular formula is C13H21ClN2O3S. The van der Waals surface area contributed by atoms with Crippen molar-refractivity contribution in [2.75, 3.05) is 18.9 Å². The summed E-state index contributed by atoms with van der Waals surface area (Å²) in [5, 5.41) is 9.58. The zero-order chi connectivity index (χ0) is 15.4. The zero-order valence-corrected chi connectivity index (χ0v) is 13.3. The normalized spacial score (nSPS) is 12.6. The summed E-state index contributed by atoms with van der Waals surface area (Å²) < 4.78 is 27.0. The molecule has 0 aliphatic heterocycles. The molecule has 7 heteroatoms. The van der Waals surface area contributed by atoms with Gasteiger partial charge in [0.1, 0.15) is 4.90 Å². The molecule has 0 saturated carbocycles. The van der Waals surface area contributed by atoms with E-state index >= 15 is 0 Å². The third kappa shape index (κ3) is 3.85. The topological polar surface area (TPSA) is 92.4 Å². The van der Waals surface area contributed by atoms with E-state index in [1.807, 2.05) is 13.8 Å². The maximum absolute atomic E-state index is 12.3. The molecule has 0 spiro atoms. The second-order valence-electron chi connectivity index (χ2n) is 4.88. The van der Waals surface area contributed by atoms with Gasteiger partial charge in [0, 0.05) is 24.3 Å². The maximum atomic E-state index is 12.3. The lowest BCUT2D eigenvalue weighted by molar-refractivity contribution is 0.119. The van der Waals surface area contributed by atoms with Crippen molar-refractivity contribution in [3.8, 4) is 0 Å². The van der Waals surface area contributed by atoms with Gasteiger partial charge in [0.05, 0.1) is 5.02 Å². The van der Waals surface area contributed by atoms with Gasteiger partial charge in [-0.05, 0) is 31.0 Å². The van der Waals surface area contributed by atoms with Crippen LogP contribution in [0.2, 0.25) is 5.02 Å². The number of nitrogens with two attached hydrogens (primary N) is 1. The van der Waals surface area contributed by atoms with Gasteiger partial charge in [0.25, 0.3) is 0 Å². The summed E-state index contributed by atoms with van der Waals surface area (Å²) in [6.07, 6.45) is 1.35. The Bertz CT molecular complexity index is 548. The van der Waals surface area contributed by atoms with Crippen LogP contribution in [0.1, 0.15) is 26.7 Å². The third-order valence-corrected chi connectivity index (χ3v) is 5.60. The lowest BCUT2D eigenvalue weighted by Gasteiger charge is -2.29. The van der Waals surface area contributed by atoms with Crippen molar-refractivity contribution in [3.05, 3.63) is 23.2 Å². The number of aliphatic hydroxyl groups excluding tert-OH is 1. The van der Waals surface area contributed by atoms with E-state index in [0.717, 1.165) is 0 Å². The van der Waals surface area contributed by atoms with Crippen LogP contribution in [0, 0.1) is 5.41 Å². The van der Waals surface area contributed by atoms with Gasteiger partial charge in [0.2, 0.25) is 10.0 Å². The van der Waals surface area contributed by atoms with Gasteiger partial charge >= 0.3 is 0 Å². The van der Waals surface area contributed by atoms with Crippen LogP contribution in [0.5, 0.6) is 0 Å². The fraction of sp³-hybridized carbons (Fsp3) is 0.538. The Labute approximate surface area is 125 Å². The molecule has 0 aliphatic rings. The van der Waals surface area contributed by atoms with Gasteiger partial charge < -0.3 is 10.8 Å². The maximum Gasteiger partial charge on any atom is 0.242 e. The van der Waals surface area contributed by atoms with E-state index in [4.69, 9.17) is 17.3 Å². The van der Waals surface area contributed by atoms with Gasteiger partial charge in [-0.2, -0.15) is 0 Å². The minimum Gasteiger partial charge on any atom is -0.399 e. The van der Waals surface area contributed by atoms with Crippen LogP contribution in [-0.4, -0.2) is 26.7 Å². The van der Waals surface area contributed by atoms with Crippen molar-refractivity contribution in [3.63, 3.8) is 0 Å². The molecule has 20 heavy (non-hydrogen) atoms. The van der Waals surface area contributed by atoms with Crippen molar-refractivity contribution >= 4 is 27.3 Å².